The summed E-state index contributed by atoms with van der Waals surface area (Å²) < 4.78 is 2.26. The average Bonchev–Trinajstić information content (AvgIpc) is 3.34. The first-order valence-electron chi connectivity index (χ1n) is 15.7. The number of nitrogens with two attached hydrogens (primary N) is 1. The Morgan fingerprint density at radius 1 is 1.07 bits per heavy atom. The van der Waals surface area contributed by atoms with Crippen molar-refractivity contribution in [3.05, 3.63) is 41.7 Å². The van der Waals surface area contributed by atoms with Crippen molar-refractivity contribution >= 4 is 34.7 Å². The van der Waals surface area contributed by atoms with Gasteiger partial charge in [-0.2, -0.15) is 4.98 Å². The van der Waals surface area contributed by atoms with E-state index in [0.29, 0.717) is 48.9 Å². The highest BCUT2D eigenvalue weighted by atomic mass is 16.2. The number of piperazine rings is 1. The molecular formula is C33H42N8O2. The largest absolute Gasteiger partial charge is 0.365 e. The Morgan fingerprint density at radius 3 is 2.44 bits per heavy atom. The number of rotatable bonds is 8. The molecule has 1 aliphatic heterocycles. The Morgan fingerprint density at radius 2 is 1.81 bits per heavy atom. The van der Waals surface area contributed by atoms with Gasteiger partial charge in [0.2, 0.25) is 17.7 Å². The van der Waals surface area contributed by atoms with Gasteiger partial charge in [0.25, 0.3) is 5.91 Å². The number of anilines is 2. The summed E-state index contributed by atoms with van der Waals surface area (Å²) in [5.41, 5.74) is 8.09. The van der Waals surface area contributed by atoms with Crippen molar-refractivity contribution in [3.63, 3.8) is 0 Å². The molecule has 226 valence electrons. The summed E-state index contributed by atoms with van der Waals surface area (Å²) in [6, 6.07) is 10.4. The van der Waals surface area contributed by atoms with E-state index in [-0.39, 0.29) is 23.8 Å². The van der Waals surface area contributed by atoms with Crippen molar-refractivity contribution in [2.24, 2.45) is 23.5 Å². The number of fused-ring (bicyclic) bond motifs is 1. The molecule has 0 radical (unpaired) electrons. The van der Waals surface area contributed by atoms with Crippen LogP contribution in [0.3, 0.4) is 0 Å². The van der Waals surface area contributed by atoms with Gasteiger partial charge in [-0.05, 0) is 62.8 Å². The molecule has 3 N–H and O–H groups in total. The van der Waals surface area contributed by atoms with Crippen LogP contribution >= 0.6 is 0 Å². The van der Waals surface area contributed by atoms with Crippen LogP contribution in [-0.4, -0.2) is 61.9 Å². The molecule has 2 saturated carbocycles. The maximum atomic E-state index is 12.5. The third kappa shape index (κ3) is 5.90. The summed E-state index contributed by atoms with van der Waals surface area (Å²) in [4.78, 5) is 43.4. The summed E-state index contributed by atoms with van der Waals surface area (Å²) in [6.45, 7) is 6.31. The average molecular weight is 583 g/mol. The highest BCUT2D eigenvalue weighted by Gasteiger charge is 2.35. The quantitative estimate of drug-likeness (QED) is 0.378. The molecule has 10 heteroatoms. The molecule has 3 fully saturated rings. The number of nitrogens with zero attached hydrogens (tertiary/aromatic N) is 6. The molecule has 2 aromatic heterocycles. The third-order valence-electron chi connectivity index (χ3n) is 9.81. The van der Waals surface area contributed by atoms with Crippen LogP contribution in [0.1, 0.15) is 81.0 Å². The molecule has 3 aliphatic rings. The van der Waals surface area contributed by atoms with Gasteiger partial charge < -0.3 is 25.4 Å². The molecule has 3 heterocycles. The van der Waals surface area contributed by atoms with E-state index >= 15 is 0 Å². The van der Waals surface area contributed by atoms with Crippen LogP contribution < -0.4 is 16.0 Å². The zero-order valence-corrected chi connectivity index (χ0v) is 25.2. The van der Waals surface area contributed by atoms with Crippen molar-refractivity contribution in [2.45, 2.75) is 77.4 Å². The Hall–Kier alpha value is -4.13. The van der Waals surface area contributed by atoms with Crippen molar-refractivity contribution < 1.29 is 9.59 Å². The number of benzene rings is 1. The number of nitrogens with one attached hydrogen (secondary N) is 1. The van der Waals surface area contributed by atoms with Gasteiger partial charge in [-0.1, -0.05) is 36.8 Å². The number of terminal acetylenes is 1. The highest BCUT2D eigenvalue weighted by molar-refractivity contribution is 5.94. The van der Waals surface area contributed by atoms with Gasteiger partial charge in [0, 0.05) is 45.1 Å². The predicted octanol–water partition coefficient (Wildman–Crippen LogP) is 4.38. The van der Waals surface area contributed by atoms with E-state index in [1.807, 2.05) is 23.1 Å². The Kier molecular flexibility index (Phi) is 8.24. The van der Waals surface area contributed by atoms with Crippen LogP contribution in [0.25, 0.3) is 11.2 Å². The molecule has 2 atom stereocenters. The van der Waals surface area contributed by atoms with Crippen molar-refractivity contribution in [3.8, 4) is 12.3 Å². The van der Waals surface area contributed by atoms with E-state index in [4.69, 9.17) is 17.1 Å². The van der Waals surface area contributed by atoms with Crippen LogP contribution in [0.4, 0.5) is 11.8 Å². The first kappa shape index (κ1) is 29.0. The number of amides is 2. The van der Waals surface area contributed by atoms with Gasteiger partial charge in [0.15, 0.2) is 11.5 Å². The van der Waals surface area contributed by atoms with Crippen LogP contribution in [0.15, 0.2) is 30.3 Å². The first-order chi connectivity index (χ1) is 20.8. The van der Waals surface area contributed by atoms with E-state index in [1.54, 1.807) is 6.92 Å². The summed E-state index contributed by atoms with van der Waals surface area (Å²) in [5, 5.41) is 3.64. The number of aromatic nitrogens is 4. The van der Waals surface area contributed by atoms with Crippen LogP contribution in [0.2, 0.25) is 0 Å². The molecule has 1 saturated heterocycles. The van der Waals surface area contributed by atoms with Gasteiger partial charge in [-0.3, -0.25) is 9.59 Å². The lowest BCUT2D eigenvalue weighted by atomic mass is 9.80. The number of hydrogen-bond donors (Lipinski definition) is 2. The third-order valence-corrected chi connectivity index (χ3v) is 9.81. The lowest BCUT2D eigenvalue weighted by molar-refractivity contribution is -0.129. The standard InChI is InChI=1S/C33H42N8O2/c1-4-23-13-15-24(16-14-23)19-41-28-30(35-21(2)25-11-8-12-25)36-32(29(34)43)37-31(28)38-33(41)40-18-17-39(22(3)42)20-27(40)26-9-6-5-7-10-26/h1,5-7,9-10,21,23-25,27H,8,11-20H2,2-3H3,(H2,34,43)(H,35,36,37)/t21-,23?,24?,27+/m1/s1. The number of hydrogen-bond acceptors (Lipinski definition) is 7. The molecule has 2 amide bonds. The fraction of sp³-hybridized carbons (Fsp3) is 0.545. The highest BCUT2D eigenvalue weighted by Crippen LogP contribution is 2.38. The first-order valence-corrected chi connectivity index (χ1v) is 15.7. The van der Waals surface area contributed by atoms with E-state index < -0.39 is 5.91 Å². The zero-order valence-electron chi connectivity index (χ0n) is 25.2. The molecule has 1 aromatic carbocycles. The van der Waals surface area contributed by atoms with Crippen LogP contribution in [0.5, 0.6) is 0 Å². The summed E-state index contributed by atoms with van der Waals surface area (Å²) in [7, 11) is 0. The number of carbonyl (C=O) groups is 2. The predicted molar refractivity (Wildman–Crippen MR) is 167 cm³/mol. The second-order valence-electron chi connectivity index (χ2n) is 12.5. The van der Waals surface area contributed by atoms with Gasteiger partial charge in [-0.25, -0.2) is 9.97 Å². The fourth-order valence-electron chi connectivity index (χ4n) is 6.94. The normalized spacial score (nSPS) is 23.4. The maximum Gasteiger partial charge on any atom is 0.286 e. The molecule has 0 bridgehead atoms. The Balaban J connectivity index is 1.48. The monoisotopic (exact) mass is 582 g/mol. The van der Waals surface area contributed by atoms with Gasteiger partial charge >= 0.3 is 0 Å². The van der Waals surface area contributed by atoms with Crippen LogP contribution in [-0.2, 0) is 11.3 Å². The molecular weight excluding hydrogens is 540 g/mol. The number of carbonyl (C=O) groups excluding carboxylic acids is 2. The van der Waals surface area contributed by atoms with E-state index in [2.05, 4.69) is 49.7 Å². The SMILES string of the molecule is C#CC1CCC(Cn2c(N3CCN(C(C)=O)C[C@H]3c3ccccc3)nc3nc(C(N)=O)nc(N[C@H](C)C4CCC4)c32)CC1. The molecule has 2 aliphatic carbocycles. The fourth-order valence-corrected chi connectivity index (χ4v) is 6.94. The van der Waals surface area contributed by atoms with Gasteiger partial charge in [0.05, 0.1) is 6.04 Å². The minimum Gasteiger partial charge on any atom is -0.365 e. The molecule has 6 rings (SSSR count). The number of imidazole rings is 1. The molecule has 0 spiro atoms. The van der Waals surface area contributed by atoms with E-state index in [9.17, 15) is 9.59 Å². The minimum absolute atomic E-state index is 0.0393. The minimum atomic E-state index is -0.679. The van der Waals surface area contributed by atoms with E-state index in [0.717, 1.165) is 49.3 Å². The second kappa shape index (κ2) is 12.2. The van der Waals surface area contributed by atoms with Gasteiger partial charge in [0.1, 0.15) is 5.52 Å². The molecule has 0 unspecified atom stereocenters. The van der Waals surface area contributed by atoms with Gasteiger partial charge in [-0.15, -0.1) is 12.3 Å². The lowest BCUT2D eigenvalue weighted by Gasteiger charge is -2.42. The van der Waals surface area contributed by atoms with E-state index in [1.165, 1.54) is 19.3 Å². The zero-order chi connectivity index (χ0) is 30.1. The Labute approximate surface area is 253 Å². The van der Waals surface area contributed by atoms with Crippen molar-refractivity contribution in [2.75, 3.05) is 29.9 Å². The lowest BCUT2D eigenvalue weighted by Crippen LogP contribution is -2.50. The second-order valence-corrected chi connectivity index (χ2v) is 12.5. The molecule has 43 heavy (non-hydrogen) atoms. The van der Waals surface area contributed by atoms with Crippen LogP contribution in [0, 0.1) is 30.1 Å². The topological polar surface area (TPSA) is 122 Å². The summed E-state index contributed by atoms with van der Waals surface area (Å²) in [5.74, 6) is 4.98. The maximum absolute atomic E-state index is 12.5. The molecule has 3 aromatic rings. The Bertz CT molecular complexity index is 1520. The van der Waals surface area contributed by atoms with Crippen molar-refractivity contribution in [1.29, 1.82) is 0 Å². The summed E-state index contributed by atoms with van der Waals surface area (Å²) >= 11 is 0. The number of primary amides is 1. The smallest absolute Gasteiger partial charge is 0.286 e. The summed E-state index contributed by atoms with van der Waals surface area (Å²) in [6.07, 6.45) is 13.4. The van der Waals surface area contributed by atoms with Crippen molar-refractivity contribution in [1.82, 2.24) is 24.4 Å². The molecule has 10 nitrogen and oxygen atoms in total.